The summed E-state index contributed by atoms with van der Waals surface area (Å²) in [5.74, 6) is 1.01. The number of hydrogen-bond donors (Lipinski definition) is 0. The van der Waals surface area contributed by atoms with Crippen molar-refractivity contribution >= 4 is 11.8 Å². The van der Waals surface area contributed by atoms with Gasteiger partial charge in [0.15, 0.2) is 11.5 Å². The molecule has 0 aliphatic carbocycles. The van der Waals surface area contributed by atoms with Crippen LogP contribution in [0, 0.1) is 0 Å². The van der Waals surface area contributed by atoms with E-state index >= 15 is 0 Å². The van der Waals surface area contributed by atoms with Crippen molar-refractivity contribution in [2.75, 3.05) is 14.2 Å². The number of methoxy groups -OCH3 is 2. The third kappa shape index (κ3) is 2.86. The molecule has 1 aliphatic heterocycles. The molecular weight excluding hydrogens is 246 g/mol. The lowest BCUT2D eigenvalue weighted by atomic mass is 10.1. The fraction of sp³-hybridized carbons (Fsp3) is 0.429. The molecule has 0 N–H and O–H groups in total. The largest absolute Gasteiger partial charge is 0.493 e. The summed E-state index contributed by atoms with van der Waals surface area (Å²) < 4.78 is 10.4. The first kappa shape index (κ1) is 13.4. The number of carbonyl (C=O) groups is 2. The Morgan fingerprint density at radius 1 is 1.05 bits per heavy atom. The molecule has 2 amide bonds. The molecule has 2 rings (SSSR count). The van der Waals surface area contributed by atoms with Crippen molar-refractivity contribution in [2.45, 2.75) is 25.8 Å². The van der Waals surface area contributed by atoms with E-state index in [1.807, 2.05) is 6.07 Å². The molecule has 5 heteroatoms. The third-order valence-corrected chi connectivity index (χ3v) is 3.17. The molecule has 1 fully saturated rings. The summed E-state index contributed by atoms with van der Waals surface area (Å²) in [5.41, 5.74) is 0.848. The molecular formula is C14H17NO4. The summed E-state index contributed by atoms with van der Waals surface area (Å²) in [7, 11) is 3.12. The van der Waals surface area contributed by atoms with Gasteiger partial charge in [-0.15, -0.1) is 0 Å². The lowest BCUT2D eigenvalue weighted by Crippen LogP contribution is -2.39. The van der Waals surface area contributed by atoms with Crippen LogP contribution in [0.1, 0.15) is 24.8 Å². The summed E-state index contributed by atoms with van der Waals surface area (Å²) in [6.07, 6.45) is 1.54. The number of ether oxygens (including phenoxy) is 2. The maximum absolute atomic E-state index is 11.7. The minimum atomic E-state index is -0.106. The lowest BCUT2D eigenvalue weighted by Gasteiger charge is -2.25. The van der Waals surface area contributed by atoms with Gasteiger partial charge < -0.3 is 9.47 Å². The van der Waals surface area contributed by atoms with E-state index in [1.165, 1.54) is 4.90 Å². The van der Waals surface area contributed by atoms with Crippen molar-refractivity contribution in [3.8, 4) is 11.5 Å². The fourth-order valence-corrected chi connectivity index (χ4v) is 2.14. The molecule has 1 aliphatic rings. The van der Waals surface area contributed by atoms with Crippen molar-refractivity contribution in [3.05, 3.63) is 23.8 Å². The highest BCUT2D eigenvalue weighted by molar-refractivity contribution is 5.97. The molecule has 5 nitrogen and oxygen atoms in total. The van der Waals surface area contributed by atoms with E-state index < -0.39 is 0 Å². The van der Waals surface area contributed by atoms with Crippen LogP contribution in [-0.4, -0.2) is 30.9 Å². The van der Waals surface area contributed by atoms with Gasteiger partial charge in [0, 0.05) is 12.8 Å². The predicted octanol–water partition coefficient (Wildman–Crippen LogP) is 1.74. The van der Waals surface area contributed by atoms with Crippen LogP contribution in [0.4, 0.5) is 0 Å². The highest BCUT2D eigenvalue weighted by Gasteiger charge is 2.25. The van der Waals surface area contributed by atoms with Crippen LogP contribution in [0.2, 0.25) is 0 Å². The average Bonchev–Trinajstić information content (AvgIpc) is 2.42. The molecule has 102 valence electrons. The van der Waals surface area contributed by atoms with Gasteiger partial charge in [0.2, 0.25) is 11.8 Å². The number of imide groups is 1. The molecule has 1 saturated heterocycles. The summed E-state index contributed by atoms with van der Waals surface area (Å²) in [5, 5.41) is 0. The van der Waals surface area contributed by atoms with E-state index in [4.69, 9.17) is 9.47 Å². The minimum Gasteiger partial charge on any atom is -0.493 e. The summed E-state index contributed by atoms with van der Waals surface area (Å²) in [4.78, 5) is 24.8. The number of piperidine rings is 1. The maximum atomic E-state index is 11.7. The normalized spacial score (nSPS) is 15.6. The predicted molar refractivity (Wildman–Crippen MR) is 69.0 cm³/mol. The molecule has 1 aromatic carbocycles. The van der Waals surface area contributed by atoms with Crippen LogP contribution in [0.15, 0.2) is 18.2 Å². The third-order valence-electron chi connectivity index (χ3n) is 3.17. The number of nitrogens with zero attached hydrogens (tertiary/aromatic N) is 1. The van der Waals surface area contributed by atoms with Crippen LogP contribution < -0.4 is 9.47 Å². The van der Waals surface area contributed by atoms with Gasteiger partial charge in [0.1, 0.15) is 0 Å². The Balaban J connectivity index is 2.18. The summed E-state index contributed by atoms with van der Waals surface area (Å²) in [6.45, 7) is 0.290. The van der Waals surface area contributed by atoms with E-state index in [0.717, 1.165) is 5.56 Å². The van der Waals surface area contributed by atoms with E-state index in [9.17, 15) is 9.59 Å². The second-order valence-corrected chi connectivity index (χ2v) is 4.42. The van der Waals surface area contributed by atoms with Crippen LogP contribution in [0.25, 0.3) is 0 Å². The second kappa shape index (κ2) is 5.73. The molecule has 0 aromatic heterocycles. The summed E-state index contributed by atoms with van der Waals surface area (Å²) in [6, 6.07) is 5.39. The zero-order chi connectivity index (χ0) is 13.8. The molecule has 0 radical (unpaired) electrons. The summed E-state index contributed by atoms with van der Waals surface area (Å²) >= 11 is 0. The van der Waals surface area contributed by atoms with E-state index in [0.29, 0.717) is 30.8 Å². The molecule has 19 heavy (non-hydrogen) atoms. The number of carbonyl (C=O) groups excluding carboxylic acids is 2. The van der Waals surface area contributed by atoms with Crippen molar-refractivity contribution in [2.24, 2.45) is 0 Å². The SMILES string of the molecule is COc1ccc(CN2C(=O)CCCC2=O)cc1OC. The maximum Gasteiger partial charge on any atom is 0.229 e. The van der Waals surface area contributed by atoms with Gasteiger partial charge in [0.05, 0.1) is 20.8 Å². The second-order valence-electron chi connectivity index (χ2n) is 4.42. The lowest BCUT2D eigenvalue weighted by molar-refractivity contribution is -0.148. The van der Waals surface area contributed by atoms with E-state index in [2.05, 4.69) is 0 Å². The average molecular weight is 263 g/mol. The van der Waals surface area contributed by atoms with Crippen LogP contribution in [0.3, 0.4) is 0 Å². The number of likely N-dealkylation sites (tertiary alicyclic amines) is 1. The van der Waals surface area contributed by atoms with Crippen LogP contribution >= 0.6 is 0 Å². The topological polar surface area (TPSA) is 55.8 Å². The first-order valence-electron chi connectivity index (χ1n) is 6.20. The van der Waals surface area contributed by atoms with Gasteiger partial charge in [-0.3, -0.25) is 14.5 Å². The number of rotatable bonds is 4. The Bertz CT molecular complexity index is 482. The standard InChI is InChI=1S/C14H17NO4/c1-18-11-7-6-10(8-12(11)19-2)9-15-13(16)4-3-5-14(15)17/h6-8H,3-5,9H2,1-2H3. The van der Waals surface area contributed by atoms with Crippen LogP contribution in [0.5, 0.6) is 11.5 Å². The molecule has 0 bridgehead atoms. The molecule has 1 aromatic rings. The van der Waals surface area contributed by atoms with Gasteiger partial charge in [-0.1, -0.05) is 6.07 Å². The number of benzene rings is 1. The van der Waals surface area contributed by atoms with Gasteiger partial charge >= 0.3 is 0 Å². The molecule has 0 atom stereocenters. The van der Waals surface area contributed by atoms with E-state index in [-0.39, 0.29) is 18.4 Å². The minimum absolute atomic E-state index is 0.106. The Labute approximate surface area is 112 Å². The van der Waals surface area contributed by atoms with Crippen molar-refractivity contribution in [3.63, 3.8) is 0 Å². The quantitative estimate of drug-likeness (QED) is 0.776. The Kier molecular flexibility index (Phi) is 4.04. The van der Waals surface area contributed by atoms with Crippen molar-refractivity contribution < 1.29 is 19.1 Å². The van der Waals surface area contributed by atoms with Gasteiger partial charge in [0.25, 0.3) is 0 Å². The highest BCUT2D eigenvalue weighted by atomic mass is 16.5. The van der Waals surface area contributed by atoms with Crippen LogP contribution in [-0.2, 0) is 16.1 Å². The molecule has 0 spiro atoms. The fourth-order valence-electron chi connectivity index (χ4n) is 2.14. The smallest absolute Gasteiger partial charge is 0.229 e. The first-order chi connectivity index (χ1) is 9.15. The Morgan fingerprint density at radius 2 is 1.68 bits per heavy atom. The molecule has 0 unspecified atom stereocenters. The zero-order valence-corrected chi connectivity index (χ0v) is 11.1. The molecule has 1 heterocycles. The van der Waals surface area contributed by atoms with Gasteiger partial charge in [-0.25, -0.2) is 0 Å². The zero-order valence-electron chi connectivity index (χ0n) is 11.1. The van der Waals surface area contributed by atoms with Gasteiger partial charge in [-0.2, -0.15) is 0 Å². The van der Waals surface area contributed by atoms with Gasteiger partial charge in [-0.05, 0) is 24.1 Å². The molecule has 0 saturated carbocycles. The first-order valence-corrected chi connectivity index (χ1v) is 6.20. The van der Waals surface area contributed by atoms with E-state index in [1.54, 1.807) is 26.4 Å². The monoisotopic (exact) mass is 263 g/mol. The van der Waals surface area contributed by atoms with Crippen molar-refractivity contribution in [1.82, 2.24) is 4.90 Å². The number of hydrogen-bond acceptors (Lipinski definition) is 4. The Hall–Kier alpha value is -2.04. The highest BCUT2D eigenvalue weighted by Crippen LogP contribution is 2.28. The van der Waals surface area contributed by atoms with Crippen molar-refractivity contribution in [1.29, 1.82) is 0 Å². The Morgan fingerprint density at radius 3 is 2.26 bits per heavy atom. The number of amides is 2.